The van der Waals surface area contributed by atoms with Gasteiger partial charge in [-0.25, -0.2) is 4.98 Å². The lowest BCUT2D eigenvalue weighted by molar-refractivity contribution is -0.276. The Hall–Kier alpha value is -0.250. The third-order valence-corrected chi connectivity index (χ3v) is 2.45. The first-order chi connectivity index (χ1) is 6.29. The lowest BCUT2D eigenvalue weighted by Crippen LogP contribution is -2.18. The molecule has 14 heavy (non-hydrogen) atoms. The number of hydrogen-bond acceptors (Lipinski definition) is 3. The molecule has 0 saturated carbocycles. The van der Waals surface area contributed by atoms with Gasteiger partial charge >= 0.3 is 6.36 Å². The minimum absolute atomic E-state index is 0.0325. The molecule has 0 aliphatic carbocycles. The van der Waals surface area contributed by atoms with E-state index >= 15 is 0 Å². The van der Waals surface area contributed by atoms with Crippen LogP contribution < -0.4 is 4.74 Å². The van der Waals surface area contributed by atoms with Gasteiger partial charge in [0.1, 0.15) is 9.45 Å². The van der Waals surface area contributed by atoms with E-state index in [0.29, 0.717) is 0 Å². The molecule has 8 heteroatoms. The van der Waals surface area contributed by atoms with Gasteiger partial charge in [0.25, 0.3) is 0 Å². The summed E-state index contributed by atoms with van der Waals surface area (Å²) in [5.74, 6) is -0.841. The average molecular weight is 384 g/mol. The predicted molar refractivity (Wildman–Crippen MR) is 53.0 cm³/mol. The van der Waals surface area contributed by atoms with Crippen LogP contribution in [0, 0.1) is 3.70 Å². The van der Waals surface area contributed by atoms with E-state index in [2.05, 4.69) is 25.7 Å². The molecule has 0 saturated heterocycles. The number of rotatable bonds is 1. The molecule has 1 aromatic rings. The van der Waals surface area contributed by atoms with Crippen LogP contribution in [0.15, 0.2) is 10.5 Å². The van der Waals surface area contributed by atoms with Gasteiger partial charge in [0, 0.05) is 6.07 Å². The fourth-order valence-electron chi connectivity index (χ4n) is 0.622. The highest BCUT2D eigenvalue weighted by Crippen LogP contribution is 2.32. The zero-order valence-electron chi connectivity index (χ0n) is 6.27. The van der Waals surface area contributed by atoms with E-state index in [1.807, 2.05) is 0 Å². The van der Waals surface area contributed by atoms with Crippen LogP contribution in [-0.4, -0.2) is 16.5 Å². The Morgan fingerprint density at radius 2 is 2.07 bits per heavy atom. The molecule has 1 rings (SSSR count). The largest absolute Gasteiger partial charge is 0.574 e. The van der Waals surface area contributed by atoms with E-state index in [9.17, 15) is 13.2 Å². The van der Waals surface area contributed by atoms with Gasteiger partial charge in [-0.15, -0.1) is 13.2 Å². The molecule has 0 aliphatic heterocycles. The molecule has 0 bridgehead atoms. The van der Waals surface area contributed by atoms with Crippen molar-refractivity contribution in [3.05, 3.63) is 14.2 Å². The van der Waals surface area contributed by atoms with Gasteiger partial charge in [0.15, 0.2) is 0 Å². The molecule has 0 radical (unpaired) electrons. The van der Waals surface area contributed by atoms with Gasteiger partial charge in [-0.3, -0.25) is 0 Å². The monoisotopic (exact) mass is 383 g/mol. The van der Waals surface area contributed by atoms with Gasteiger partial charge in [0.05, 0.1) is 4.47 Å². The van der Waals surface area contributed by atoms with Crippen molar-refractivity contribution in [1.82, 2.24) is 4.98 Å². The van der Waals surface area contributed by atoms with Crippen molar-refractivity contribution >= 4 is 38.5 Å². The molecule has 78 valence electrons. The minimum Gasteiger partial charge on any atom is -0.505 e. The number of alkyl halides is 3. The quantitative estimate of drug-likeness (QED) is 0.598. The average Bonchev–Trinajstić information content (AvgIpc) is 1.97. The van der Waals surface area contributed by atoms with Crippen molar-refractivity contribution in [2.24, 2.45) is 0 Å². The smallest absolute Gasteiger partial charge is 0.505 e. The predicted octanol–water partition coefficient (Wildman–Crippen LogP) is 3.05. The molecule has 1 aromatic heterocycles. The molecule has 0 aliphatic rings. The molecule has 0 unspecified atom stereocenters. The first-order valence-corrected chi connectivity index (χ1v) is 4.97. The Labute approximate surface area is 98.5 Å². The third-order valence-electron chi connectivity index (χ3n) is 1.09. The van der Waals surface area contributed by atoms with Crippen molar-refractivity contribution in [1.29, 1.82) is 0 Å². The summed E-state index contributed by atoms with van der Waals surface area (Å²) in [6.45, 7) is 0. The van der Waals surface area contributed by atoms with Gasteiger partial charge in [-0.1, -0.05) is 0 Å². The first-order valence-electron chi connectivity index (χ1n) is 3.10. The van der Waals surface area contributed by atoms with E-state index < -0.39 is 12.2 Å². The van der Waals surface area contributed by atoms with Crippen LogP contribution in [0.2, 0.25) is 0 Å². The fourth-order valence-corrected chi connectivity index (χ4v) is 1.38. The van der Waals surface area contributed by atoms with Crippen molar-refractivity contribution in [2.75, 3.05) is 0 Å². The Morgan fingerprint density at radius 1 is 1.50 bits per heavy atom. The molecule has 0 fully saturated rings. The van der Waals surface area contributed by atoms with E-state index in [0.717, 1.165) is 6.07 Å². The van der Waals surface area contributed by atoms with Crippen LogP contribution in [0.5, 0.6) is 11.6 Å². The number of aromatic nitrogens is 1. The lowest BCUT2D eigenvalue weighted by atomic mass is 10.4. The normalized spacial score (nSPS) is 11.5. The number of ether oxygens (including phenoxy) is 1. The Balaban J connectivity index is 3.04. The Morgan fingerprint density at radius 3 is 2.57 bits per heavy atom. The molecule has 0 atom stereocenters. The van der Waals surface area contributed by atoms with E-state index in [1.165, 1.54) is 0 Å². The number of halogens is 5. The number of hydrogen-bond donors (Lipinski definition) is 1. The van der Waals surface area contributed by atoms with Crippen LogP contribution in [-0.2, 0) is 0 Å². The van der Waals surface area contributed by atoms with Crippen LogP contribution in [0.25, 0.3) is 0 Å². The number of aromatic hydroxyl groups is 1. The molecule has 1 heterocycles. The fraction of sp³-hybridized carbons (Fsp3) is 0.167. The second-order valence-corrected chi connectivity index (χ2v) is 4.01. The van der Waals surface area contributed by atoms with E-state index in [1.54, 1.807) is 22.6 Å². The molecular formula is C6H2BrF3INO2. The molecule has 0 aromatic carbocycles. The Bertz CT molecular complexity index is 358. The van der Waals surface area contributed by atoms with Crippen LogP contribution >= 0.6 is 38.5 Å². The lowest BCUT2D eigenvalue weighted by Gasteiger charge is -2.09. The van der Waals surface area contributed by atoms with Crippen molar-refractivity contribution < 1.29 is 23.0 Å². The van der Waals surface area contributed by atoms with Gasteiger partial charge in [-0.2, -0.15) is 0 Å². The highest BCUT2D eigenvalue weighted by molar-refractivity contribution is 14.1. The van der Waals surface area contributed by atoms with Gasteiger partial charge in [-0.05, 0) is 38.5 Å². The molecule has 1 N–H and O–H groups in total. The van der Waals surface area contributed by atoms with E-state index in [4.69, 9.17) is 5.11 Å². The van der Waals surface area contributed by atoms with Gasteiger partial charge < -0.3 is 9.84 Å². The standard InChI is InChI=1S/C6H2BrF3INO2/c7-2-1-3(13)4(11)12-5(2)14-6(8,9)10/h1,13H. The topological polar surface area (TPSA) is 42.4 Å². The zero-order valence-corrected chi connectivity index (χ0v) is 10.0. The van der Waals surface area contributed by atoms with Crippen molar-refractivity contribution in [3.63, 3.8) is 0 Å². The minimum atomic E-state index is -4.80. The second-order valence-electron chi connectivity index (χ2n) is 2.13. The summed E-state index contributed by atoms with van der Waals surface area (Å²) < 4.78 is 39.0. The maximum Gasteiger partial charge on any atom is 0.574 e. The third kappa shape index (κ3) is 3.15. The number of nitrogens with zero attached hydrogens (tertiary/aromatic N) is 1. The summed E-state index contributed by atoms with van der Waals surface area (Å²) in [6, 6.07) is 1.08. The zero-order chi connectivity index (χ0) is 10.9. The summed E-state index contributed by atoms with van der Waals surface area (Å²) in [5.41, 5.74) is 0. The molecule has 0 spiro atoms. The van der Waals surface area contributed by atoms with Crippen LogP contribution in [0.1, 0.15) is 0 Å². The van der Waals surface area contributed by atoms with Gasteiger partial charge in [0.2, 0.25) is 5.88 Å². The molecule has 0 amide bonds. The SMILES string of the molecule is Oc1cc(Br)c(OC(F)(F)F)nc1I. The molecular weight excluding hydrogens is 382 g/mol. The maximum atomic E-state index is 11.8. The number of pyridine rings is 1. The van der Waals surface area contributed by atoms with Crippen LogP contribution in [0.3, 0.4) is 0 Å². The van der Waals surface area contributed by atoms with Crippen molar-refractivity contribution in [2.45, 2.75) is 6.36 Å². The maximum absolute atomic E-state index is 11.8. The summed E-state index contributed by atoms with van der Waals surface area (Å²) in [7, 11) is 0. The van der Waals surface area contributed by atoms with E-state index in [-0.39, 0.29) is 13.9 Å². The molecule has 3 nitrogen and oxygen atoms in total. The summed E-state index contributed by atoms with van der Waals surface area (Å²) in [5, 5.41) is 9.09. The Kier molecular flexibility index (Phi) is 3.45. The summed E-state index contributed by atoms with van der Waals surface area (Å²) >= 11 is 4.37. The summed E-state index contributed by atoms with van der Waals surface area (Å²) in [6.07, 6.45) is -4.80. The second kappa shape index (κ2) is 4.09. The van der Waals surface area contributed by atoms with Crippen LogP contribution in [0.4, 0.5) is 13.2 Å². The van der Waals surface area contributed by atoms with Crippen molar-refractivity contribution in [3.8, 4) is 11.6 Å². The first kappa shape index (κ1) is 11.8. The summed E-state index contributed by atoms with van der Waals surface area (Å²) in [4.78, 5) is 3.41. The highest BCUT2D eigenvalue weighted by Gasteiger charge is 2.33. The highest BCUT2D eigenvalue weighted by atomic mass is 127.